The predicted molar refractivity (Wildman–Crippen MR) is 137 cm³/mol. The van der Waals surface area contributed by atoms with Gasteiger partial charge < -0.3 is 15.4 Å². The molecule has 3 N–H and O–H groups in total. The van der Waals surface area contributed by atoms with Crippen molar-refractivity contribution in [2.75, 3.05) is 23.2 Å². The second kappa shape index (κ2) is 10.3. The minimum atomic E-state index is -1.04. The van der Waals surface area contributed by atoms with Crippen molar-refractivity contribution in [3.63, 3.8) is 0 Å². The molecule has 0 atom stereocenters. The van der Waals surface area contributed by atoms with Gasteiger partial charge in [-0.3, -0.25) is 19.8 Å². The number of amides is 3. The van der Waals surface area contributed by atoms with Crippen LogP contribution >= 0.6 is 34.8 Å². The zero-order valence-electron chi connectivity index (χ0n) is 18.1. The Morgan fingerprint density at radius 2 is 1.54 bits per heavy atom. The molecule has 11 heteroatoms. The number of fused-ring (bicyclic) bond motifs is 1. The number of rotatable bonds is 5. The van der Waals surface area contributed by atoms with Gasteiger partial charge in [-0.2, -0.15) is 0 Å². The minimum Gasteiger partial charge on any atom is -0.494 e. The fourth-order valence-corrected chi connectivity index (χ4v) is 3.99. The van der Waals surface area contributed by atoms with Gasteiger partial charge in [0.25, 0.3) is 5.91 Å². The first kappa shape index (κ1) is 24.4. The Kier molecular flexibility index (Phi) is 7.16. The lowest BCUT2D eigenvalue weighted by molar-refractivity contribution is -0.133. The Morgan fingerprint density at radius 3 is 2.26 bits per heavy atom. The Labute approximate surface area is 214 Å². The summed E-state index contributed by atoms with van der Waals surface area (Å²) in [7, 11) is 1.45. The smallest absolute Gasteiger partial charge is 0.328 e. The van der Waals surface area contributed by atoms with Gasteiger partial charge in [0.1, 0.15) is 17.0 Å². The third-order valence-electron chi connectivity index (χ3n) is 4.96. The molecule has 0 saturated heterocycles. The van der Waals surface area contributed by atoms with Gasteiger partial charge in [-0.1, -0.05) is 59.1 Å². The molecule has 0 bridgehead atoms. The zero-order valence-corrected chi connectivity index (χ0v) is 20.3. The number of hydrogen-bond donors (Lipinski definition) is 3. The van der Waals surface area contributed by atoms with Crippen molar-refractivity contribution in [2.45, 2.75) is 0 Å². The van der Waals surface area contributed by atoms with Crippen LogP contribution in [-0.2, 0) is 9.59 Å². The maximum Gasteiger partial charge on any atom is 0.328 e. The number of aromatic nitrogens is 1. The summed E-state index contributed by atoms with van der Waals surface area (Å²) in [5.74, 6) is -2.24. The van der Waals surface area contributed by atoms with Gasteiger partial charge >= 0.3 is 11.8 Å². The number of nitrogens with zero attached hydrogens (tertiary/aromatic N) is 1. The molecule has 0 aliphatic heterocycles. The number of nitrogens with one attached hydrogen (secondary N) is 3. The molecule has 0 unspecified atom stereocenters. The van der Waals surface area contributed by atoms with E-state index in [1.807, 2.05) is 0 Å². The van der Waals surface area contributed by atoms with Gasteiger partial charge in [0.05, 0.1) is 28.5 Å². The molecule has 0 saturated carbocycles. The summed E-state index contributed by atoms with van der Waals surface area (Å²) in [6, 6.07) is 17.7. The third kappa shape index (κ3) is 5.19. The molecule has 0 fully saturated rings. The number of anilines is 2. The SMILES string of the molecule is COc1cccc2cc(C(=O)Nc3ccc(Cl)cc3Cl)n(NC(=O)C(=O)Nc3ccccc3Cl)c12. The van der Waals surface area contributed by atoms with Gasteiger partial charge in [0, 0.05) is 10.4 Å². The van der Waals surface area contributed by atoms with Crippen LogP contribution in [0, 0.1) is 0 Å². The number of para-hydroxylation sites is 2. The molecule has 1 heterocycles. The lowest BCUT2D eigenvalue weighted by Gasteiger charge is -2.14. The first-order valence-electron chi connectivity index (χ1n) is 10.1. The minimum absolute atomic E-state index is 0.0226. The summed E-state index contributed by atoms with van der Waals surface area (Å²) >= 11 is 18.2. The molecule has 35 heavy (non-hydrogen) atoms. The zero-order chi connectivity index (χ0) is 25.1. The van der Waals surface area contributed by atoms with Gasteiger partial charge in [-0.25, -0.2) is 4.68 Å². The van der Waals surface area contributed by atoms with E-state index in [2.05, 4.69) is 16.1 Å². The Hall–Kier alpha value is -3.72. The molecule has 3 aromatic carbocycles. The summed E-state index contributed by atoms with van der Waals surface area (Å²) < 4.78 is 6.59. The van der Waals surface area contributed by atoms with Crippen LogP contribution < -0.4 is 20.8 Å². The van der Waals surface area contributed by atoms with Gasteiger partial charge in [-0.05, 0) is 42.5 Å². The molecule has 3 amide bonds. The van der Waals surface area contributed by atoms with Crippen LogP contribution in [0.25, 0.3) is 10.9 Å². The number of benzene rings is 3. The van der Waals surface area contributed by atoms with Crippen molar-refractivity contribution < 1.29 is 19.1 Å². The highest BCUT2D eigenvalue weighted by Gasteiger charge is 2.23. The number of halogens is 3. The predicted octanol–water partition coefficient (Wildman–Crippen LogP) is 5.57. The number of ether oxygens (including phenoxy) is 1. The Morgan fingerprint density at radius 1 is 0.800 bits per heavy atom. The highest BCUT2D eigenvalue weighted by molar-refractivity contribution is 6.44. The fraction of sp³-hybridized carbons (Fsp3) is 0.0417. The lowest BCUT2D eigenvalue weighted by Crippen LogP contribution is -2.36. The van der Waals surface area contributed by atoms with E-state index in [1.54, 1.807) is 60.7 Å². The van der Waals surface area contributed by atoms with Crippen molar-refractivity contribution in [3.8, 4) is 5.75 Å². The van der Waals surface area contributed by atoms with Crippen LogP contribution in [-0.4, -0.2) is 29.5 Å². The van der Waals surface area contributed by atoms with Crippen molar-refractivity contribution in [2.24, 2.45) is 0 Å². The van der Waals surface area contributed by atoms with E-state index in [9.17, 15) is 14.4 Å². The first-order valence-corrected chi connectivity index (χ1v) is 11.2. The summed E-state index contributed by atoms with van der Waals surface area (Å²) in [6.07, 6.45) is 0. The first-order chi connectivity index (χ1) is 16.8. The van der Waals surface area contributed by atoms with Crippen LogP contribution in [0.5, 0.6) is 5.75 Å². The number of methoxy groups -OCH3 is 1. The number of hydrogen-bond acceptors (Lipinski definition) is 4. The van der Waals surface area contributed by atoms with E-state index >= 15 is 0 Å². The summed E-state index contributed by atoms with van der Waals surface area (Å²) in [5.41, 5.74) is 3.44. The molecule has 0 radical (unpaired) electrons. The van der Waals surface area contributed by atoms with E-state index in [4.69, 9.17) is 39.5 Å². The molecule has 8 nitrogen and oxygen atoms in total. The lowest BCUT2D eigenvalue weighted by atomic mass is 10.2. The largest absolute Gasteiger partial charge is 0.494 e. The highest BCUT2D eigenvalue weighted by atomic mass is 35.5. The summed E-state index contributed by atoms with van der Waals surface area (Å²) in [6.45, 7) is 0. The van der Waals surface area contributed by atoms with E-state index in [0.717, 1.165) is 0 Å². The normalized spacial score (nSPS) is 10.6. The maximum atomic E-state index is 13.2. The van der Waals surface area contributed by atoms with Gasteiger partial charge in [0.2, 0.25) is 0 Å². The van der Waals surface area contributed by atoms with Crippen molar-refractivity contribution in [1.29, 1.82) is 0 Å². The quantitative estimate of drug-likeness (QED) is 0.293. The summed E-state index contributed by atoms with van der Waals surface area (Å²) in [5, 5.41) is 6.61. The number of carbonyl (C=O) groups is 3. The van der Waals surface area contributed by atoms with Crippen molar-refractivity contribution in [1.82, 2.24) is 4.68 Å². The second-order valence-electron chi connectivity index (χ2n) is 7.22. The topological polar surface area (TPSA) is 101 Å². The molecule has 4 rings (SSSR count). The van der Waals surface area contributed by atoms with Gasteiger partial charge in [0.15, 0.2) is 0 Å². The van der Waals surface area contributed by atoms with E-state index < -0.39 is 17.7 Å². The van der Waals surface area contributed by atoms with Crippen LogP contribution in [0.3, 0.4) is 0 Å². The monoisotopic (exact) mass is 530 g/mol. The molecule has 0 aliphatic rings. The molecule has 1 aromatic heterocycles. The molecule has 0 aliphatic carbocycles. The van der Waals surface area contributed by atoms with Crippen molar-refractivity contribution >= 4 is 74.8 Å². The van der Waals surface area contributed by atoms with Crippen molar-refractivity contribution in [3.05, 3.63) is 87.5 Å². The highest BCUT2D eigenvalue weighted by Crippen LogP contribution is 2.30. The molecular weight excluding hydrogens is 515 g/mol. The Bertz CT molecular complexity index is 1470. The van der Waals surface area contributed by atoms with Crippen LogP contribution in [0.1, 0.15) is 10.5 Å². The van der Waals surface area contributed by atoms with E-state index in [1.165, 1.54) is 17.9 Å². The molecule has 178 valence electrons. The van der Waals surface area contributed by atoms with Crippen LogP contribution in [0.15, 0.2) is 66.7 Å². The average molecular weight is 532 g/mol. The second-order valence-corrected chi connectivity index (χ2v) is 8.47. The van der Waals surface area contributed by atoms with Crippen LogP contribution in [0.2, 0.25) is 15.1 Å². The van der Waals surface area contributed by atoms with E-state index in [0.29, 0.717) is 27.4 Å². The molecule has 0 spiro atoms. The van der Waals surface area contributed by atoms with E-state index in [-0.39, 0.29) is 21.4 Å². The molecule has 4 aromatic rings. The third-order valence-corrected chi connectivity index (χ3v) is 5.84. The van der Waals surface area contributed by atoms with Gasteiger partial charge in [-0.15, -0.1) is 0 Å². The fourth-order valence-electron chi connectivity index (χ4n) is 3.35. The Balaban J connectivity index is 1.69. The average Bonchev–Trinajstić information content (AvgIpc) is 3.20. The number of carbonyl (C=O) groups excluding carboxylic acids is 3. The maximum absolute atomic E-state index is 13.2. The summed E-state index contributed by atoms with van der Waals surface area (Å²) in [4.78, 5) is 38.6. The standard InChI is InChI=1S/C24H17Cl3N4O4/c1-35-20-8-4-5-13-11-19(22(32)28-18-10-9-14(25)12-16(18)27)31(21(13)20)30-24(34)23(33)29-17-7-3-2-6-15(17)26/h2-12H,1H3,(H,28,32)(H,29,33)(H,30,34). The molecular formula is C24H17Cl3N4O4. The van der Waals surface area contributed by atoms with Crippen LogP contribution in [0.4, 0.5) is 11.4 Å².